The molecule has 33 heavy (non-hydrogen) atoms. The van der Waals surface area contributed by atoms with E-state index < -0.39 is 0 Å². The van der Waals surface area contributed by atoms with Gasteiger partial charge in [-0.2, -0.15) is 0 Å². The van der Waals surface area contributed by atoms with Crippen LogP contribution in [0.25, 0.3) is 22.8 Å². The molecule has 1 aromatic heterocycles. The Balaban J connectivity index is 1.57. The van der Waals surface area contributed by atoms with Gasteiger partial charge in [-0.1, -0.05) is 36.4 Å². The number of aromatic nitrogens is 3. The van der Waals surface area contributed by atoms with Crippen LogP contribution >= 0.6 is 0 Å². The van der Waals surface area contributed by atoms with E-state index in [9.17, 15) is 4.79 Å². The normalized spacial score (nSPS) is 14.1. The van der Waals surface area contributed by atoms with Crippen LogP contribution in [0.3, 0.4) is 0 Å². The molecule has 2 aromatic carbocycles. The van der Waals surface area contributed by atoms with Gasteiger partial charge in [0.2, 0.25) is 5.91 Å². The summed E-state index contributed by atoms with van der Waals surface area (Å²) in [6.07, 6.45) is 3.68. The van der Waals surface area contributed by atoms with Gasteiger partial charge in [-0.15, -0.1) is 5.10 Å². The highest BCUT2D eigenvalue weighted by Gasteiger charge is 2.17. The molecule has 7 heteroatoms. The van der Waals surface area contributed by atoms with Crippen LogP contribution in [0.15, 0.2) is 48.5 Å². The number of nitrogens with zero attached hydrogens (tertiary/aromatic N) is 4. The number of likely N-dealkylation sites (tertiary alicyclic amines) is 1. The van der Waals surface area contributed by atoms with Crippen LogP contribution in [0.1, 0.15) is 32.3 Å². The van der Waals surface area contributed by atoms with Gasteiger partial charge in [-0.05, 0) is 63.9 Å². The molecule has 174 valence electrons. The van der Waals surface area contributed by atoms with Gasteiger partial charge in [0.05, 0.1) is 7.11 Å². The summed E-state index contributed by atoms with van der Waals surface area (Å²) in [7, 11) is 1.64. The van der Waals surface area contributed by atoms with Crippen molar-refractivity contribution in [3.8, 4) is 28.5 Å². The predicted molar refractivity (Wildman–Crippen MR) is 130 cm³/mol. The average Bonchev–Trinajstić information content (AvgIpc) is 3.48. The molecule has 7 nitrogen and oxygen atoms in total. The van der Waals surface area contributed by atoms with E-state index in [1.54, 1.807) is 11.8 Å². The molecule has 1 aliphatic heterocycles. The van der Waals surface area contributed by atoms with Gasteiger partial charge in [0.1, 0.15) is 12.3 Å². The number of nitrogens with one attached hydrogen (secondary N) is 1. The summed E-state index contributed by atoms with van der Waals surface area (Å²) < 4.78 is 7.04. The molecule has 0 atom stereocenters. The molecule has 1 aliphatic rings. The number of benzene rings is 2. The highest BCUT2D eigenvalue weighted by Crippen LogP contribution is 2.26. The summed E-state index contributed by atoms with van der Waals surface area (Å²) >= 11 is 0. The minimum absolute atomic E-state index is 0.0638. The molecule has 0 saturated carbocycles. The molecule has 0 spiro atoms. The zero-order chi connectivity index (χ0) is 23.2. The third-order valence-electron chi connectivity index (χ3n) is 5.87. The van der Waals surface area contributed by atoms with Crippen molar-refractivity contribution in [1.82, 2.24) is 25.0 Å². The van der Waals surface area contributed by atoms with Crippen molar-refractivity contribution in [3.05, 3.63) is 54.1 Å². The molecular formula is C26H33N5O2. The van der Waals surface area contributed by atoms with Crippen molar-refractivity contribution in [3.63, 3.8) is 0 Å². The number of hydrogen-bond acceptors (Lipinski definition) is 5. The second-order valence-corrected chi connectivity index (χ2v) is 8.87. The van der Waals surface area contributed by atoms with Gasteiger partial charge in [-0.3, -0.25) is 4.79 Å². The molecule has 3 aromatic rings. The van der Waals surface area contributed by atoms with Gasteiger partial charge in [0, 0.05) is 23.7 Å². The van der Waals surface area contributed by atoms with E-state index in [4.69, 9.17) is 14.8 Å². The molecule has 4 rings (SSSR count). The lowest BCUT2D eigenvalue weighted by atomic mass is 10.1. The summed E-state index contributed by atoms with van der Waals surface area (Å²) in [5.74, 6) is 1.89. The maximum Gasteiger partial charge on any atom is 0.242 e. The number of rotatable bonds is 9. The van der Waals surface area contributed by atoms with E-state index in [0.717, 1.165) is 29.8 Å². The summed E-state index contributed by atoms with van der Waals surface area (Å²) in [5.41, 5.74) is 3.11. The minimum Gasteiger partial charge on any atom is -0.497 e. The molecular weight excluding hydrogens is 414 g/mol. The van der Waals surface area contributed by atoms with E-state index in [1.807, 2.05) is 38.1 Å². The second kappa shape index (κ2) is 10.6. The first kappa shape index (κ1) is 23.0. The Hall–Kier alpha value is -3.19. The van der Waals surface area contributed by atoms with Crippen molar-refractivity contribution < 1.29 is 9.53 Å². The van der Waals surface area contributed by atoms with Gasteiger partial charge in [0.15, 0.2) is 11.6 Å². The first-order valence-corrected chi connectivity index (χ1v) is 11.7. The van der Waals surface area contributed by atoms with Gasteiger partial charge < -0.3 is 15.0 Å². The molecule has 1 saturated heterocycles. The molecule has 0 aliphatic carbocycles. The fourth-order valence-electron chi connectivity index (χ4n) is 4.17. The molecule has 1 N–H and O–H groups in total. The molecule has 1 fully saturated rings. The van der Waals surface area contributed by atoms with Crippen LogP contribution in [0.2, 0.25) is 0 Å². The van der Waals surface area contributed by atoms with Gasteiger partial charge in [-0.25, -0.2) is 9.67 Å². The van der Waals surface area contributed by atoms with E-state index in [1.165, 1.54) is 31.5 Å². The third-order valence-corrected chi connectivity index (χ3v) is 5.87. The molecule has 2 heterocycles. The SMILES string of the molecule is COc1cccc(-c2nc(-c3ccc(CCN4CCCC4)cc3)nn2CC(=O)NC(C)C)c1. The number of ether oxygens (including phenoxy) is 1. The lowest BCUT2D eigenvalue weighted by molar-refractivity contribution is -0.122. The lowest BCUT2D eigenvalue weighted by Gasteiger charge is -2.14. The van der Waals surface area contributed by atoms with Gasteiger partial charge in [0.25, 0.3) is 0 Å². The van der Waals surface area contributed by atoms with Crippen molar-refractivity contribution >= 4 is 5.91 Å². The highest BCUT2D eigenvalue weighted by molar-refractivity contribution is 5.77. The number of hydrogen-bond donors (Lipinski definition) is 1. The Morgan fingerprint density at radius 3 is 2.55 bits per heavy atom. The summed E-state index contributed by atoms with van der Waals surface area (Å²) in [5, 5.41) is 7.62. The van der Waals surface area contributed by atoms with E-state index in [0.29, 0.717) is 11.6 Å². The molecule has 0 unspecified atom stereocenters. The predicted octanol–water partition coefficient (Wildman–Crippen LogP) is 3.78. The van der Waals surface area contributed by atoms with Crippen molar-refractivity contribution in [1.29, 1.82) is 0 Å². The van der Waals surface area contributed by atoms with E-state index in [2.05, 4.69) is 34.5 Å². The third kappa shape index (κ3) is 5.99. The molecule has 0 bridgehead atoms. The number of amides is 1. The van der Waals surface area contributed by atoms with Crippen molar-refractivity contribution in [2.75, 3.05) is 26.7 Å². The maximum atomic E-state index is 12.5. The zero-order valence-electron chi connectivity index (χ0n) is 19.8. The van der Waals surface area contributed by atoms with Crippen molar-refractivity contribution in [2.45, 2.75) is 45.7 Å². The van der Waals surface area contributed by atoms with Crippen LogP contribution in [0.4, 0.5) is 0 Å². The maximum absolute atomic E-state index is 12.5. The zero-order valence-corrected chi connectivity index (χ0v) is 19.8. The number of carbonyl (C=O) groups is 1. The van der Waals surface area contributed by atoms with E-state index >= 15 is 0 Å². The van der Waals surface area contributed by atoms with Crippen LogP contribution in [0.5, 0.6) is 5.75 Å². The minimum atomic E-state index is -0.0946. The Labute approximate surface area is 195 Å². The Morgan fingerprint density at radius 2 is 1.85 bits per heavy atom. The van der Waals surface area contributed by atoms with Crippen molar-refractivity contribution in [2.24, 2.45) is 0 Å². The largest absolute Gasteiger partial charge is 0.497 e. The van der Waals surface area contributed by atoms with Crippen LogP contribution in [-0.2, 0) is 17.8 Å². The second-order valence-electron chi connectivity index (χ2n) is 8.87. The standard InChI is InChI=1S/C26H33N5O2/c1-19(2)27-24(32)18-31-26(22-7-6-8-23(17-22)33-3)28-25(29-31)21-11-9-20(10-12-21)13-16-30-14-4-5-15-30/h6-12,17,19H,4-5,13-16,18H2,1-3H3,(H,27,32). The van der Waals surface area contributed by atoms with Crippen LogP contribution in [-0.4, -0.2) is 58.4 Å². The van der Waals surface area contributed by atoms with Crippen LogP contribution < -0.4 is 10.1 Å². The lowest BCUT2D eigenvalue weighted by Crippen LogP contribution is -2.33. The monoisotopic (exact) mass is 447 g/mol. The first-order valence-electron chi connectivity index (χ1n) is 11.7. The summed E-state index contributed by atoms with van der Waals surface area (Å²) in [4.78, 5) is 19.8. The highest BCUT2D eigenvalue weighted by atomic mass is 16.5. The molecule has 1 amide bonds. The smallest absolute Gasteiger partial charge is 0.242 e. The first-order chi connectivity index (χ1) is 16.0. The van der Waals surface area contributed by atoms with Crippen LogP contribution in [0, 0.1) is 0 Å². The Bertz CT molecular complexity index is 1070. The quantitative estimate of drug-likeness (QED) is 0.540. The topological polar surface area (TPSA) is 72.3 Å². The Morgan fingerprint density at radius 1 is 1.09 bits per heavy atom. The van der Waals surface area contributed by atoms with E-state index in [-0.39, 0.29) is 18.5 Å². The number of carbonyl (C=O) groups excluding carboxylic acids is 1. The summed E-state index contributed by atoms with van der Waals surface area (Å²) in [6.45, 7) is 7.54. The fourth-order valence-corrected chi connectivity index (χ4v) is 4.17. The van der Waals surface area contributed by atoms with Gasteiger partial charge >= 0.3 is 0 Å². The summed E-state index contributed by atoms with van der Waals surface area (Å²) in [6, 6.07) is 16.2. The number of methoxy groups -OCH3 is 1. The Kier molecular flexibility index (Phi) is 7.40. The molecule has 0 radical (unpaired) electrons. The average molecular weight is 448 g/mol. The fraction of sp³-hybridized carbons (Fsp3) is 0.423.